The molecule has 0 unspecified atom stereocenters. The van der Waals surface area contributed by atoms with E-state index in [0.717, 1.165) is 11.6 Å². The van der Waals surface area contributed by atoms with Crippen molar-refractivity contribution >= 4 is 34.5 Å². The van der Waals surface area contributed by atoms with Crippen molar-refractivity contribution in [2.45, 2.75) is 13.8 Å². The number of carbonyl (C=O) groups is 1. The van der Waals surface area contributed by atoms with Gasteiger partial charge in [0.05, 0.1) is 18.0 Å². The van der Waals surface area contributed by atoms with Crippen molar-refractivity contribution in [3.8, 4) is 11.5 Å². The van der Waals surface area contributed by atoms with Gasteiger partial charge in [-0.3, -0.25) is 4.79 Å². The van der Waals surface area contributed by atoms with Crippen molar-refractivity contribution in [1.29, 1.82) is 0 Å². The van der Waals surface area contributed by atoms with Gasteiger partial charge in [0.1, 0.15) is 11.5 Å². The summed E-state index contributed by atoms with van der Waals surface area (Å²) in [4.78, 5) is 15.3. The van der Waals surface area contributed by atoms with Crippen LogP contribution in [0.3, 0.4) is 0 Å². The second kappa shape index (κ2) is 6.34. The summed E-state index contributed by atoms with van der Waals surface area (Å²) in [5, 5.41) is 18.8. The van der Waals surface area contributed by atoms with Gasteiger partial charge >= 0.3 is 0 Å². The zero-order valence-electron chi connectivity index (χ0n) is 10.7. The monoisotopic (exact) mass is 345 g/mol. The summed E-state index contributed by atoms with van der Waals surface area (Å²) in [5.74, 6) is 0.391. The fourth-order valence-corrected chi connectivity index (χ4v) is 2.75. The van der Waals surface area contributed by atoms with Crippen molar-refractivity contribution in [3.05, 3.63) is 34.4 Å². The molecule has 0 aromatic heterocycles. The Morgan fingerprint density at radius 3 is 2.58 bits per heavy atom. The molecule has 0 amide bonds. The normalized spacial score (nSPS) is 14.5. The highest BCUT2D eigenvalue weighted by Crippen LogP contribution is 2.31. The molecular formula is C13H16BrNO3S. The molecule has 0 spiro atoms. The summed E-state index contributed by atoms with van der Waals surface area (Å²) in [6.07, 6.45) is 0. The van der Waals surface area contributed by atoms with Crippen LogP contribution in [-0.2, 0) is 0 Å². The second-order valence-corrected chi connectivity index (χ2v) is 5.40. The van der Waals surface area contributed by atoms with Gasteiger partial charge in [-0.2, -0.15) is 0 Å². The molecule has 6 heteroatoms. The summed E-state index contributed by atoms with van der Waals surface area (Å²) in [6, 6.07) is 4.03. The number of phenolic OH excluding ortho intramolecular Hbond substituents is 2. The summed E-state index contributed by atoms with van der Waals surface area (Å²) in [7, 11) is 0. The molecule has 1 aromatic carbocycles. The number of benzene rings is 1. The van der Waals surface area contributed by atoms with Crippen LogP contribution in [0, 0.1) is 0 Å². The average Bonchev–Trinajstić information content (AvgIpc) is 2.61. The van der Waals surface area contributed by atoms with Crippen LogP contribution in [0.4, 0.5) is 0 Å². The zero-order valence-corrected chi connectivity index (χ0v) is 13.2. The van der Waals surface area contributed by atoms with Crippen LogP contribution in [0.2, 0.25) is 0 Å². The summed E-state index contributed by atoms with van der Waals surface area (Å²) >= 11 is 1.71. The highest BCUT2D eigenvalue weighted by Gasteiger charge is 2.21. The van der Waals surface area contributed by atoms with Crippen LogP contribution in [0.5, 0.6) is 11.5 Å². The van der Waals surface area contributed by atoms with Crippen molar-refractivity contribution in [2.75, 3.05) is 12.4 Å². The minimum Gasteiger partial charge on any atom is -0.508 e. The van der Waals surface area contributed by atoms with Gasteiger partial charge in [-0.1, -0.05) is 0 Å². The van der Waals surface area contributed by atoms with E-state index < -0.39 is 0 Å². The van der Waals surface area contributed by atoms with E-state index in [9.17, 15) is 15.0 Å². The molecule has 0 saturated heterocycles. The molecule has 4 nitrogen and oxygen atoms in total. The fourth-order valence-electron chi connectivity index (χ4n) is 1.78. The van der Waals surface area contributed by atoms with Crippen LogP contribution >= 0.6 is 28.7 Å². The van der Waals surface area contributed by atoms with Gasteiger partial charge in [-0.25, -0.2) is 0 Å². The lowest BCUT2D eigenvalue weighted by Crippen LogP contribution is -2.25. The molecule has 1 aliphatic heterocycles. The van der Waals surface area contributed by atoms with E-state index in [1.807, 2.05) is 18.7 Å². The number of hydrogen-bond acceptors (Lipinski definition) is 5. The highest BCUT2D eigenvalue weighted by molar-refractivity contribution is 8.93. The van der Waals surface area contributed by atoms with Gasteiger partial charge in [-0.05, 0) is 26.0 Å². The molecule has 0 radical (unpaired) electrons. The SMILES string of the molecule is Br.CC1=C(C)N(CC(=O)c2ccc(O)cc2O)CS1. The second-order valence-electron chi connectivity index (χ2n) is 4.24. The number of halogens is 1. The van der Waals surface area contributed by atoms with Crippen molar-refractivity contribution < 1.29 is 15.0 Å². The predicted octanol–water partition coefficient (Wildman–Crippen LogP) is 3.12. The summed E-state index contributed by atoms with van der Waals surface area (Å²) in [6.45, 7) is 4.26. The summed E-state index contributed by atoms with van der Waals surface area (Å²) < 4.78 is 0. The van der Waals surface area contributed by atoms with Gasteiger partial charge in [0, 0.05) is 16.7 Å². The molecule has 0 aliphatic carbocycles. The maximum absolute atomic E-state index is 12.1. The Hall–Kier alpha value is -1.14. The van der Waals surface area contributed by atoms with Crippen molar-refractivity contribution in [3.63, 3.8) is 0 Å². The number of allylic oxidation sites excluding steroid dienone is 2. The van der Waals surface area contributed by atoms with Crippen LogP contribution in [0.25, 0.3) is 0 Å². The van der Waals surface area contributed by atoms with Crippen LogP contribution in [0.1, 0.15) is 24.2 Å². The van der Waals surface area contributed by atoms with E-state index >= 15 is 0 Å². The zero-order chi connectivity index (χ0) is 13.3. The van der Waals surface area contributed by atoms with Gasteiger partial charge in [0.15, 0.2) is 5.78 Å². The van der Waals surface area contributed by atoms with E-state index in [4.69, 9.17) is 0 Å². The lowest BCUT2D eigenvalue weighted by Gasteiger charge is -2.18. The van der Waals surface area contributed by atoms with Gasteiger partial charge in [-0.15, -0.1) is 28.7 Å². The number of thioether (sulfide) groups is 1. The number of nitrogens with zero attached hydrogens (tertiary/aromatic N) is 1. The van der Waals surface area contributed by atoms with Gasteiger partial charge in [0.2, 0.25) is 0 Å². The predicted molar refractivity (Wildman–Crippen MR) is 82.0 cm³/mol. The molecular weight excluding hydrogens is 330 g/mol. The minimum absolute atomic E-state index is 0. The first-order valence-electron chi connectivity index (χ1n) is 5.59. The molecule has 0 bridgehead atoms. The minimum atomic E-state index is -0.176. The maximum Gasteiger partial charge on any atom is 0.185 e. The smallest absolute Gasteiger partial charge is 0.185 e. The Balaban J connectivity index is 0.00000180. The van der Waals surface area contributed by atoms with Gasteiger partial charge < -0.3 is 15.1 Å². The third-order valence-corrected chi connectivity index (χ3v) is 4.21. The molecule has 0 saturated carbocycles. The molecule has 2 rings (SSSR count). The number of aromatic hydroxyl groups is 2. The topological polar surface area (TPSA) is 60.8 Å². The third kappa shape index (κ3) is 3.45. The number of rotatable bonds is 3. The quantitative estimate of drug-likeness (QED) is 0.824. The van der Waals surface area contributed by atoms with Crippen molar-refractivity contribution in [2.24, 2.45) is 0 Å². The Labute approximate surface area is 126 Å². The van der Waals surface area contributed by atoms with Crippen LogP contribution < -0.4 is 0 Å². The molecule has 1 aliphatic rings. The number of hydrogen-bond donors (Lipinski definition) is 2. The molecule has 2 N–H and O–H groups in total. The summed E-state index contributed by atoms with van der Waals surface area (Å²) in [5.41, 5.74) is 1.35. The van der Waals surface area contributed by atoms with E-state index in [1.165, 1.54) is 23.1 Å². The Morgan fingerprint density at radius 2 is 2.05 bits per heavy atom. The fraction of sp³-hybridized carbons (Fsp3) is 0.308. The largest absolute Gasteiger partial charge is 0.508 e. The number of Topliss-reactive ketones (excluding diaryl/α,β-unsaturated/α-hetero) is 1. The first-order valence-corrected chi connectivity index (χ1v) is 6.58. The highest BCUT2D eigenvalue weighted by atomic mass is 79.9. The van der Waals surface area contributed by atoms with Gasteiger partial charge in [0.25, 0.3) is 0 Å². The van der Waals surface area contributed by atoms with Crippen LogP contribution in [0.15, 0.2) is 28.8 Å². The maximum atomic E-state index is 12.1. The first-order chi connectivity index (χ1) is 8.49. The first kappa shape index (κ1) is 15.9. The Morgan fingerprint density at radius 1 is 1.37 bits per heavy atom. The molecule has 104 valence electrons. The standard InChI is InChI=1S/C13H15NO3S.BrH/c1-8-9(2)18-7-14(8)6-13(17)11-4-3-10(15)5-12(11)16;/h3-5,15-16H,6-7H2,1-2H3;1H. The Bertz CT molecular complexity index is 531. The number of carbonyl (C=O) groups excluding carboxylic acids is 1. The third-order valence-electron chi connectivity index (χ3n) is 3.04. The number of ketones is 1. The van der Waals surface area contributed by atoms with E-state index in [2.05, 4.69) is 0 Å². The number of phenols is 2. The Kier molecular flexibility index (Phi) is 5.31. The van der Waals surface area contributed by atoms with E-state index in [1.54, 1.807) is 11.8 Å². The van der Waals surface area contributed by atoms with Crippen molar-refractivity contribution in [1.82, 2.24) is 4.90 Å². The molecule has 0 fully saturated rings. The average molecular weight is 346 g/mol. The van der Waals surface area contributed by atoms with E-state index in [0.29, 0.717) is 0 Å². The lowest BCUT2D eigenvalue weighted by molar-refractivity contribution is 0.0956. The molecule has 19 heavy (non-hydrogen) atoms. The molecule has 1 heterocycles. The van der Waals surface area contributed by atoms with E-state index in [-0.39, 0.29) is 46.4 Å². The molecule has 0 atom stereocenters. The molecule has 1 aromatic rings. The lowest BCUT2D eigenvalue weighted by atomic mass is 10.1. The van der Waals surface area contributed by atoms with Crippen LogP contribution in [-0.4, -0.2) is 33.3 Å².